The number of hydrogen-bond acceptors (Lipinski definition) is 2. The molecule has 4 heteroatoms. The Balaban J connectivity index is 0.00000128. The second-order valence-electron chi connectivity index (χ2n) is 3.97. The van der Waals surface area contributed by atoms with Crippen molar-refractivity contribution in [1.82, 2.24) is 10.2 Å². The maximum Gasteiger partial charge on any atom is 0.253 e. The van der Waals surface area contributed by atoms with Crippen LogP contribution in [-0.4, -0.2) is 36.5 Å². The molecule has 1 N–H and O–H groups in total. The topological polar surface area (TPSA) is 32.3 Å². The predicted octanol–water partition coefficient (Wildman–Crippen LogP) is 1.54. The van der Waals surface area contributed by atoms with Gasteiger partial charge in [0.25, 0.3) is 5.91 Å². The molecule has 1 aromatic carbocycles. The van der Waals surface area contributed by atoms with Gasteiger partial charge >= 0.3 is 0 Å². The third-order valence-corrected chi connectivity index (χ3v) is 2.68. The molecule has 0 radical (unpaired) electrons. The molecule has 0 bridgehead atoms. The molecular weight excluding hydrogens is 224 g/mol. The highest BCUT2D eigenvalue weighted by Crippen LogP contribution is 2.07. The molecule has 1 aromatic rings. The van der Waals surface area contributed by atoms with Gasteiger partial charge in [0.1, 0.15) is 0 Å². The van der Waals surface area contributed by atoms with Crippen molar-refractivity contribution < 1.29 is 4.79 Å². The van der Waals surface area contributed by atoms with Gasteiger partial charge in [-0.25, -0.2) is 0 Å². The van der Waals surface area contributed by atoms with Crippen molar-refractivity contribution in [2.24, 2.45) is 0 Å². The van der Waals surface area contributed by atoms with Crippen molar-refractivity contribution in [2.75, 3.05) is 19.6 Å². The highest BCUT2D eigenvalue weighted by Gasteiger charge is 2.20. The molecule has 0 saturated carbocycles. The third-order valence-electron chi connectivity index (χ3n) is 2.68. The van der Waals surface area contributed by atoms with Gasteiger partial charge in [-0.3, -0.25) is 4.79 Å². The zero-order valence-electron chi connectivity index (χ0n) is 9.35. The maximum atomic E-state index is 12.0. The minimum atomic E-state index is 0. The molecule has 2 rings (SSSR count). The lowest BCUT2D eigenvalue weighted by Crippen LogP contribution is -2.51. The summed E-state index contributed by atoms with van der Waals surface area (Å²) in [6, 6.07) is 9.87. The fourth-order valence-electron chi connectivity index (χ4n) is 1.88. The first kappa shape index (κ1) is 13.0. The molecule has 3 nitrogen and oxygen atoms in total. The average Bonchev–Trinajstić information content (AvgIpc) is 2.29. The summed E-state index contributed by atoms with van der Waals surface area (Å²) in [7, 11) is 0. The second-order valence-corrected chi connectivity index (χ2v) is 3.97. The van der Waals surface area contributed by atoms with Crippen molar-refractivity contribution in [1.29, 1.82) is 0 Å². The lowest BCUT2D eigenvalue weighted by atomic mass is 10.1. The van der Waals surface area contributed by atoms with Crippen LogP contribution in [0.3, 0.4) is 0 Å². The number of amides is 1. The van der Waals surface area contributed by atoms with Crippen molar-refractivity contribution in [3.63, 3.8) is 0 Å². The number of carbonyl (C=O) groups is 1. The van der Waals surface area contributed by atoms with Crippen LogP contribution in [0.1, 0.15) is 17.3 Å². The van der Waals surface area contributed by atoms with E-state index in [1.54, 1.807) is 0 Å². The van der Waals surface area contributed by atoms with E-state index >= 15 is 0 Å². The number of halogens is 1. The molecule has 1 aliphatic heterocycles. The highest BCUT2D eigenvalue weighted by atomic mass is 35.5. The quantitative estimate of drug-likeness (QED) is 0.808. The van der Waals surface area contributed by atoms with E-state index in [0.29, 0.717) is 6.04 Å². The van der Waals surface area contributed by atoms with Gasteiger partial charge in [-0.15, -0.1) is 12.4 Å². The zero-order chi connectivity index (χ0) is 10.7. The largest absolute Gasteiger partial charge is 0.336 e. The Bertz CT molecular complexity index is 342. The Hall–Kier alpha value is -1.06. The number of rotatable bonds is 1. The number of benzene rings is 1. The van der Waals surface area contributed by atoms with E-state index in [1.165, 1.54) is 0 Å². The van der Waals surface area contributed by atoms with Gasteiger partial charge in [-0.2, -0.15) is 0 Å². The summed E-state index contributed by atoms with van der Waals surface area (Å²) in [6.45, 7) is 4.59. The van der Waals surface area contributed by atoms with Crippen LogP contribution in [0.2, 0.25) is 0 Å². The molecular formula is C12H17ClN2O. The molecule has 16 heavy (non-hydrogen) atoms. The van der Waals surface area contributed by atoms with Gasteiger partial charge in [0.2, 0.25) is 0 Å². The first-order valence-corrected chi connectivity index (χ1v) is 5.35. The van der Waals surface area contributed by atoms with E-state index in [1.807, 2.05) is 35.2 Å². The molecule has 0 unspecified atom stereocenters. The number of nitrogens with one attached hydrogen (secondary N) is 1. The van der Waals surface area contributed by atoms with E-state index in [2.05, 4.69) is 12.2 Å². The van der Waals surface area contributed by atoms with Crippen molar-refractivity contribution in [3.8, 4) is 0 Å². The molecule has 0 aromatic heterocycles. The maximum absolute atomic E-state index is 12.0. The molecule has 1 amide bonds. The van der Waals surface area contributed by atoms with E-state index in [0.717, 1.165) is 25.2 Å². The van der Waals surface area contributed by atoms with Crippen LogP contribution in [0.5, 0.6) is 0 Å². The Morgan fingerprint density at radius 2 is 2.06 bits per heavy atom. The third kappa shape index (κ3) is 2.97. The molecule has 1 aliphatic rings. The summed E-state index contributed by atoms with van der Waals surface area (Å²) in [5.74, 6) is 0.143. The van der Waals surface area contributed by atoms with Crippen molar-refractivity contribution in [3.05, 3.63) is 35.9 Å². The summed E-state index contributed by atoms with van der Waals surface area (Å²) in [6.07, 6.45) is 0. The molecule has 1 saturated heterocycles. The molecule has 1 fully saturated rings. The van der Waals surface area contributed by atoms with Gasteiger partial charge < -0.3 is 10.2 Å². The standard InChI is InChI=1S/C12H16N2O.ClH/c1-10-9-14(8-7-13-10)12(15)11-5-3-2-4-6-11;/h2-6,10,13H,7-9H2,1H3;1H/t10-;/m0./s1. The number of hydrogen-bond donors (Lipinski definition) is 1. The van der Waals surface area contributed by atoms with Crippen molar-refractivity contribution >= 4 is 18.3 Å². The summed E-state index contributed by atoms with van der Waals surface area (Å²) >= 11 is 0. The Kier molecular flexibility index (Phi) is 4.77. The van der Waals surface area contributed by atoms with E-state index in [9.17, 15) is 4.79 Å². The lowest BCUT2D eigenvalue weighted by Gasteiger charge is -2.31. The number of nitrogens with zero attached hydrogens (tertiary/aromatic N) is 1. The molecule has 1 heterocycles. The summed E-state index contributed by atoms with van der Waals surface area (Å²) in [5.41, 5.74) is 0.784. The Morgan fingerprint density at radius 3 is 2.69 bits per heavy atom. The van der Waals surface area contributed by atoms with Gasteiger partial charge in [-0.1, -0.05) is 18.2 Å². The van der Waals surface area contributed by atoms with Gasteiger partial charge in [0.05, 0.1) is 0 Å². The van der Waals surface area contributed by atoms with E-state index in [4.69, 9.17) is 0 Å². The minimum Gasteiger partial charge on any atom is -0.336 e. The molecule has 0 aliphatic carbocycles. The van der Waals surface area contributed by atoms with E-state index in [-0.39, 0.29) is 18.3 Å². The monoisotopic (exact) mass is 240 g/mol. The minimum absolute atomic E-state index is 0. The van der Waals surface area contributed by atoms with E-state index < -0.39 is 0 Å². The van der Waals surface area contributed by atoms with Crippen LogP contribution < -0.4 is 5.32 Å². The van der Waals surface area contributed by atoms with Crippen LogP contribution in [0.15, 0.2) is 30.3 Å². The summed E-state index contributed by atoms with van der Waals surface area (Å²) in [5, 5.41) is 3.32. The fourth-order valence-corrected chi connectivity index (χ4v) is 1.88. The first-order valence-electron chi connectivity index (χ1n) is 5.35. The van der Waals surface area contributed by atoms with Gasteiger partial charge in [0.15, 0.2) is 0 Å². The van der Waals surface area contributed by atoms with Crippen LogP contribution in [0, 0.1) is 0 Å². The van der Waals surface area contributed by atoms with Crippen LogP contribution in [0.25, 0.3) is 0 Å². The molecule has 1 atom stereocenters. The normalized spacial score (nSPS) is 20.1. The van der Waals surface area contributed by atoms with Gasteiger partial charge in [-0.05, 0) is 19.1 Å². The zero-order valence-corrected chi connectivity index (χ0v) is 10.2. The molecule has 88 valence electrons. The van der Waals surface area contributed by atoms with Gasteiger partial charge in [0, 0.05) is 31.2 Å². The summed E-state index contributed by atoms with van der Waals surface area (Å²) in [4.78, 5) is 14.0. The first-order chi connectivity index (χ1) is 7.27. The van der Waals surface area contributed by atoms with Crippen molar-refractivity contribution in [2.45, 2.75) is 13.0 Å². The smallest absolute Gasteiger partial charge is 0.253 e. The summed E-state index contributed by atoms with van der Waals surface area (Å²) < 4.78 is 0. The van der Waals surface area contributed by atoms with Crippen LogP contribution >= 0.6 is 12.4 Å². The highest BCUT2D eigenvalue weighted by molar-refractivity contribution is 5.94. The Labute approximate surface area is 102 Å². The van der Waals surface area contributed by atoms with Crippen LogP contribution in [0.4, 0.5) is 0 Å². The number of carbonyl (C=O) groups excluding carboxylic acids is 1. The molecule has 0 spiro atoms. The lowest BCUT2D eigenvalue weighted by molar-refractivity contribution is 0.0709. The fraction of sp³-hybridized carbons (Fsp3) is 0.417. The predicted molar refractivity (Wildman–Crippen MR) is 67.1 cm³/mol. The number of piperazine rings is 1. The average molecular weight is 241 g/mol. The Morgan fingerprint density at radius 1 is 1.38 bits per heavy atom. The second kappa shape index (κ2) is 5.87. The van der Waals surface area contributed by atoms with Crippen LogP contribution in [-0.2, 0) is 0 Å². The SMILES string of the molecule is C[C@H]1CN(C(=O)c2ccccc2)CCN1.Cl.